The standard InChI is InChI=1S/C26H33NO5/c1-6-31-25(29)23-8-7-15-27(23)22-14-11-19(26(2,3)4)16-21(22)24(28)32-17-18-9-12-20(30-5)13-10-18/h9-14,16,23H,6-8,15,17H2,1-5H3/t23-/m0/s1. The molecule has 3 rings (SSSR count). The summed E-state index contributed by atoms with van der Waals surface area (Å²) in [7, 11) is 1.61. The Morgan fingerprint density at radius 2 is 1.78 bits per heavy atom. The van der Waals surface area contributed by atoms with Gasteiger partial charge in [-0.3, -0.25) is 0 Å². The maximum atomic E-state index is 13.2. The molecule has 2 aromatic carbocycles. The highest BCUT2D eigenvalue weighted by molar-refractivity contribution is 5.97. The molecule has 6 nitrogen and oxygen atoms in total. The Morgan fingerprint density at radius 1 is 1.06 bits per heavy atom. The zero-order valence-corrected chi connectivity index (χ0v) is 19.6. The van der Waals surface area contributed by atoms with Gasteiger partial charge in [0.05, 0.1) is 25.0 Å². The van der Waals surface area contributed by atoms with E-state index in [1.54, 1.807) is 14.0 Å². The van der Waals surface area contributed by atoms with Crippen molar-refractivity contribution in [1.29, 1.82) is 0 Å². The minimum atomic E-state index is -0.406. The summed E-state index contributed by atoms with van der Waals surface area (Å²) in [6.07, 6.45) is 1.57. The molecule has 0 radical (unpaired) electrons. The molecule has 0 spiro atoms. The van der Waals surface area contributed by atoms with Gasteiger partial charge in [-0.1, -0.05) is 39.0 Å². The second-order valence-electron chi connectivity index (χ2n) is 9.01. The Kier molecular flexibility index (Phi) is 7.44. The number of hydrogen-bond acceptors (Lipinski definition) is 6. The Balaban J connectivity index is 1.89. The fourth-order valence-corrected chi connectivity index (χ4v) is 3.90. The number of carbonyl (C=O) groups is 2. The molecule has 0 aromatic heterocycles. The molecule has 1 saturated heterocycles. The summed E-state index contributed by atoms with van der Waals surface area (Å²) in [5.74, 6) is 0.0955. The maximum absolute atomic E-state index is 13.2. The molecular weight excluding hydrogens is 406 g/mol. The Morgan fingerprint density at radius 3 is 2.41 bits per heavy atom. The van der Waals surface area contributed by atoms with E-state index >= 15 is 0 Å². The summed E-state index contributed by atoms with van der Waals surface area (Å²) in [6, 6.07) is 12.9. The van der Waals surface area contributed by atoms with E-state index in [1.165, 1.54) is 0 Å². The van der Waals surface area contributed by atoms with Crippen LogP contribution < -0.4 is 9.64 Å². The minimum absolute atomic E-state index is 0.130. The zero-order valence-electron chi connectivity index (χ0n) is 19.6. The first-order valence-corrected chi connectivity index (χ1v) is 11.1. The van der Waals surface area contributed by atoms with Crippen LogP contribution in [0.2, 0.25) is 0 Å². The van der Waals surface area contributed by atoms with Gasteiger partial charge in [0, 0.05) is 6.54 Å². The van der Waals surface area contributed by atoms with E-state index in [-0.39, 0.29) is 24.0 Å². The minimum Gasteiger partial charge on any atom is -0.497 e. The van der Waals surface area contributed by atoms with E-state index in [2.05, 4.69) is 20.8 Å². The zero-order chi connectivity index (χ0) is 23.3. The number of benzene rings is 2. The van der Waals surface area contributed by atoms with Gasteiger partial charge in [-0.05, 0) is 60.6 Å². The van der Waals surface area contributed by atoms with Gasteiger partial charge in [0.2, 0.25) is 0 Å². The number of nitrogens with zero attached hydrogens (tertiary/aromatic N) is 1. The van der Waals surface area contributed by atoms with Crippen molar-refractivity contribution in [3.63, 3.8) is 0 Å². The molecule has 0 amide bonds. The van der Waals surface area contributed by atoms with Gasteiger partial charge in [-0.25, -0.2) is 9.59 Å². The lowest BCUT2D eigenvalue weighted by atomic mass is 9.85. The molecule has 2 aromatic rings. The van der Waals surface area contributed by atoms with Crippen molar-refractivity contribution in [1.82, 2.24) is 0 Å². The summed E-state index contributed by atoms with van der Waals surface area (Å²) in [5, 5.41) is 0. The van der Waals surface area contributed by atoms with Crippen molar-refractivity contribution in [2.45, 2.75) is 58.6 Å². The lowest BCUT2D eigenvalue weighted by molar-refractivity contribution is -0.144. The van der Waals surface area contributed by atoms with Gasteiger partial charge in [-0.2, -0.15) is 0 Å². The Labute approximate surface area is 190 Å². The number of esters is 2. The van der Waals surface area contributed by atoms with Gasteiger partial charge in [0.25, 0.3) is 0 Å². The third-order valence-electron chi connectivity index (χ3n) is 5.73. The fourth-order valence-electron chi connectivity index (χ4n) is 3.90. The van der Waals surface area contributed by atoms with E-state index in [4.69, 9.17) is 14.2 Å². The Hall–Kier alpha value is -3.02. The molecule has 32 heavy (non-hydrogen) atoms. The maximum Gasteiger partial charge on any atom is 0.340 e. The molecule has 1 atom stereocenters. The summed E-state index contributed by atoms with van der Waals surface area (Å²) >= 11 is 0. The van der Waals surface area contributed by atoms with Crippen LogP contribution in [0.3, 0.4) is 0 Å². The normalized spacial score (nSPS) is 16.0. The van der Waals surface area contributed by atoms with Crippen molar-refractivity contribution in [2.75, 3.05) is 25.2 Å². The van der Waals surface area contributed by atoms with Gasteiger partial charge >= 0.3 is 11.9 Å². The molecule has 1 aliphatic heterocycles. The monoisotopic (exact) mass is 439 g/mol. The second kappa shape index (κ2) is 10.1. The van der Waals surface area contributed by atoms with Gasteiger partial charge in [-0.15, -0.1) is 0 Å². The van der Waals surface area contributed by atoms with E-state index < -0.39 is 5.97 Å². The van der Waals surface area contributed by atoms with Gasteiger partial charge in [0.1, 0.15) is 18.4 Å². The molecule has 0 saturated carbocycles. The first kappa shape index (κ1) is 23.6. The SMILES string of the molecule is CCOC(=O)[C@@H]1CCCN1c1ccc(C(C)(C)C)cc1C(=O)OCc1ccc(OC)cc1. The lowest BCUT2D eigenvalue weighted by Crippen LogP contribution is -2.38. The van der Waals surface area contributed by atoms with Crippen LogP contribution in [0, 0.1) is 0 Å². The van der Waals surface area contributed by atoms with Crippen LogP contribution in [0.5, 0.6) is 5.75 Å². The first-order chi connectivity index (χ1) is 15.2. The molecule has 0 unspecified atom stereocenters. The number of methoxy groups -OCH3 is 1. The highest BCUT2D eigenvalue weighted by Gasteiger charge is 2.34. The van der Waals surface area contributed by atoms with Crippen molar-refractivity contribution in [3.05, 3.63) is 59.2 Å². The van der Waals surface area contributed by atoms with E-state index in [0.717, 1.165) is 23.3 Å². The average Bonchev–Trinajstić information content (AvgIpc) is 3.27. The molecule has 1 fully saturated rings. The largest absolute Gasteiger partial charge is 0.497 e. The van der Waals surface area contributed by atoms with Crippen molar-refractivity contribution >= 4 is 17.6 Å². The molecule has 1 heterocycles. The quantitative estimate of drug-likeness (QED) is 0.573. The van der Waals surface area contributed by atoms with Crippen LogP contribution in [0.15, 0.2) is 42.5 Å². The Bertz CT molecular complexity index is 946. The van der Waals surface area contributed by atoms with E-state index in [1.807, 2.05) is 47.4 Å². The van der Waals surface area contributed by atoms with Gasteiger partial charge < -0.3 is 19.1 Å². The predicted octanol–water partition coefficient (Wildman–Crippen LogP) is 4.88. The number of ether oxygens (including phenoxy) is 3. The molecular formula is C26H33NO5. The first-order valence-electron chi connectivity index (χ1n) is 11.1. The third kappa shape index (κ3) is 5.42. The summed E-state index contributed by atoms with van der Waals surface area (Å²) < 4.78 is 16.1. The number of carbonyl (C=O) groups excluding carboxylic acids is 2. The topological polar surface area (TPSA) is 65.1 Å². The van der Waals surface area contributed by atoms with Crippen molar-refractivity contribution in [3.8, 4) is 5.75 Å². The molecule has 6 heteroatoms. The van der Waals surface area contributed by atoms with Crippen molar-refractivity contribution < 1.29 is 23.8 Å². The van der Waals surface area contributed by atoms with Crippen molar-refractivity contribution in [2.24, 2.45) is 0 Å². The third-order valence-corrected chi connectivity index (χ3v) is 5.73. The summed E-state index contributed by atoms with van der Waals surface area (Å²) in [5.41, 5.74) is 2.97. The second-order valence-corrected chi connectivity index (χ2v) is 9.01. The van der Waals surface area contributed by atoms with E-state index in [9.17, 15) is 9.59 Å². The number of rotatable bonds is 7. The molecule has 0 aliphatic carbocycles. The van der Waals surface area contributed by atoms with Crippen LogP contribution in [-0.2, 0) is 26.3 Å². The van der Waals surface area contributed by atoms with Crippen LogP contribution in [-0.4, -0.2) is 38.2 Å². The summed E-state index contributed by atoms with van der Waals surface area (Å²) in [4.78, 5) is 27.7. The number of hydrogen-bond donors (Lipinski definition) is 0. The predicted molar refractivity (Wildman–Crippen MR) is 124 cm³/mol. The molecule has 0 bridgehead atoms. The van der Waals surface area contributed by atoms with Gasteiger partial charge in [0.15, 0.2) is 0 Å². The molecule has 172 valence electrons. The van der Waals surface area contributed by atoms with Crippen LogP contribution in [0.4, 0.5) is 5.69 Å². The van der Waals surface area contributed by atoms with Crippen LogP contribution in [0.1, 0.15) is 62.0 Å². The highest BCUT2D eigenvalue weighted by Crippen LogP contribution is 2.34. The smallest absolute Gasteiger partial charge is 0.340 e. The highest BCUT2D eigenvalue weighted by atomic mass is 16.5. The average molecular weight is 440 g/mol. The van der Waals surface area contributed by atoms with Crippen LogP contribution in [0.25, 0.3) is 0 Å². The number of anilines is 1. The van der Waals surface area contributed by atoms with E-state index in [0.29, 0.717) is 30.8 Å². The lowest BCUT2D eigenvalue weighted by Gasteiger charge is -2.28. The molecule has 0 N–H and O–H groups in total. The fraction of sp³-hybridized carbons (Fsp3) is 0.462. The van der Waals surface area contributed by atoms with Crippen LogP contribution >= 0.6 is 0 Å². The molecule has 1 aliphatic rings. The summed E-state index contributed by atoms with van der Waals surface area (Å²) in [6.45, 7) is 9.30.